The summed E-state index contributed by atoms with van der Waals surface area (Å²) in [5.74, 6) is 0. The third-order valence-corrected chi connectivity index (χ3v) is 5.44. The third-order valence-electron chi connectivity index (χ3n) is 5.44. The van der Waals surface area contributed by atoms with E-state index in [1.807, 2.05) is 35.2 Å². The summed E-state index contributed by atoms with van der Waals surface area (Å²) < 4.78 is 5.61. The van der Waals surface area contributed by atoms with E-state index in [-0.39, 0.29) is 12.1 Å². The van der Waals surface area contributed by atoms with Crippen molar-refractivity contribution in [3.63, 3.8) is 0 Å². The molecule has 0 N–H and O–H groups in total. The first-order valence-corrected chi connectivity index (χ1v) is 8.95. The van der Waals surface area contributed by atoms with Crippen LogP contribution >= 0.6 is 0 Å². The van der Waals surface area contributed by atoms with Gasteiger partial charge in [0.15, 0.2) is 0 Å². The molecule has 0 aromatic heterocycles. The van der Waals surface area contributed by atoms with E-state index in [9.17, 15) is 4.79 Å². The molecule has 3 aliphatic heterocycles. The number of hydrogen-bond donors (Lipinski definition) is 0. The highest BCUT2D eigenvalue weighted by molar-refractivity contribution is 5.68. The Kier molecular flexibility index (Phi) is 4.45. The van der Waals surface area contributed by atoms with Crippen LogP contribution in [0.3, 0.4) is 0 Å². The van der Waals surface area contributed by atoms with E-state index in [0.29, 0.717) is 12.6 Å². The van der Waals surface area contributed by atoms with Gasteiger partial charge in [0.1, 0.15) is 6.61 Å². The average Bonchev–Trinajstić information content (AvgIpc) is 2.62. The monoisotopic (exact) mass is 336 g/mol. The second kappa shape index (κ2) is 6.89. The van der Waals surface area contributed by atoms with Crippen molar-refractivity contribution < 1.29 is 9.53 Å². The fourth-order valence-corrected chi connectivity index (χ4v) is 3.98. The quantitative estimate of drug-likeness (QED) is 0.845. The minimum Gasteiger partial charge on any atom is -0.445 e. The zero-order chi connectivity index (χ0) is 17.2. The van der Waals surface area contributed by atoms with Crippen LogP contribution in [0.5, 0.6) is 0 Å². The molecule has 1 saturated heterocycles. The zero-order valence-electron chi connectivity index (χ0n) is 14.6. The number of amides is 1. The van der Waals surface area contributed by atoms with Crippen molar-refractivity contribution in [3.05, 3.63) is 71.3 Å². The van der Waals surface area contributed by atoms with Crippen molar-refractivity contribution in [2.45, 2.75) is 31.5 Å². The number of benzene rings is 2. The molecule has 0 radical (unpaired) electrons. The van der Waals surface area contributed by atoms with Crippen LogP contribution in [0.4, 0.5) is 4.79 Å². The Hall–Kier alpha value is -2.33. The molecule has 130 valence electrons. The third kappa shape index (κ3) is 3.40. The highest BCUT2D eigenvalue weighted by Crippen LogP contribution is 2.27. The van der Waals surface area contributed by atoms with E-state index < -0.39 is 0 Å². The second-order valence-corrected chi connectivity index (χ2v) is 7.12. The topological polar surface area (TPSA) is 32.8 Å². The maximum atomic E-state index is 12.7. The lowest BCUT2D eigenvalue weighted by Gasteiger charge is -2.46. The number of piperazine rings is 1. The van der Waals surface area contributed by atoms with E-state index >= 15 is 0 Å². The molecule has 2 atom stereocenters. The van der Waals surface area contributed by atoms with Gasteiger partial charge in [-0.3, -0.25) is 4.90 Å². The summed E-state index contributed by atoms with van der Waals surface area (Å²) in [6, 6.07) is 19.0. The number of carbonyl (C=O) groups excluding carboxylic acids is 1. The van der Waals surface area contributed by atoms with Gasteiger partial charge in [0.05, 0.1) is 6.04 Å². The van der Waals surface area contributed by atoms with E-state index in [2.05, 4.69) is 36.2 Å². The molecule has 4 heteroatoms. The van der Waals surface area contributed by atoms with Crippen molar-refractivity contribution in [3.8, 4) is 0 Å². The first kappa shape index (κ1) is 16.2. The molecule has 1 fully saturated rings. The second-order valence-electron chi connectivity index (χ2n) is 7.12. The highest BCUT2D eigenvalue weighted by atomic mass is 16.6. The molecule has 3 aliphatic rings. The smallest absolute Gasteiger partial charge is 0.410 e. The normalized spacial score (nSPS) is 22.8. The Morgan fingerprint density at radius 2 is 1.60 bits per heavy atom. The largest absolute Gasteiger partial charge is 0.445 e. The van der Waals surface area contributed by atoms with Crippen molar-refractivity contribution in [2.75, 3.05) is 20.1 Å². The summed E-state index contributed by atoms with van der Waals surface area (Å²) in [6.07, 6.45) is 1.70. The van der Waals surface area contributed by atoms with Gasteiger partial charge in [-0.15, -0.1) is 0 Å². The van der Waals surface area contributed by atoms with Crippen LogP contribution < -0.4 is 0 Å². The first-order valence-electron chi connectivity index (χ1n) is 8.95. The Morgan fingerprint density at radius 3 is 2.32 bits per heavy atom. The predicted octanol–water partition coefficient (Wildman–Crippen LogP) is 3.11. The van der Waals surface area contributed by atoms with Crippen molar-refractivity contribution in [1.82, 2.24) is 9.80 Å². The van der Waals surface area contributed by atoms with Crippen LogP contribution in [0.25, 0.3) is 0 Å². The molecule has 25 heavy (non-hydrogen) atoms. The lowest BCUT2D eigenvalue weighted by molar-refractivity contribution is 0.0229. The molecule has 2 aromatic rings. The standard InChI is InChI=1S/C21H24N2O2/c1-22-13-20-12-18-10-6-5-9-17(18)11-19(22)14-23(20)21(24)25-15-16-7-3-2-4-8-16/h2-10,19-20H,11-15H2,1H3. The summed E-state index contributed by atoms with van der Waals surface area (Å²) in [7, 11) is 2.16. The van der Waals surface area contributed by atoms with Crippen LogP contribution in [0.1, 0.15) is 16.7 Å². The fourth-order valence-electron chi connectivity index (χ4n) is 3.98. The number of carbonyl (C=O) groups is 1. The van der Waals surface area contributed by atoms with Gasteiger partial charge in [-0.05, 0) is 36.6 Å². The fraction of sp³-hybridized carbons (Fsp3) is 0.381. The van der Waals surface area contributed by atoms with Crippen LogP contribution in [0.2, 0.25) is 0 Å². The van der Waals surface area contributed by atoms with Crippen molar-refractivity contribution >= 4 is 6.09 Å². The van der Waals surface area contributed by atoms with Crippen LogP contribution in [-0.2, 0) is 24.2 Å². The number of rotatable bonds is 2. The van der Waals surface area contributed by atoms with E-state index in [1.54, 1.807) is 0 Å². The molecule has 0 aliphatic carbocycles. The Morgan fingerprint density at radius 1 is 0.960 bits per heavy atom. The summed E-state index contributed by atoms with van der Waals surface area (Å²) in [5.41, 5.74) is 3.81. The lowest BCUT2D eigenvalue weighted by atomic mass is 9.88. The van der Waals surface area contributed by atoms with Gasteiger partial charge in [-0.25, -0.2) is 4.79 Å². The molecule has 2 aromatic carbocycles. The van der Waals surface area contributed by atoms with Crippen LogP contribution in [0.15, 0.2) is 54.6 Å². The van der Waals surface area contributed by atoms with E-state index in [1.165, 1.54) is 11.1 Å². The molecule has 1 amide bonds. The zero-order valence-corrected chi connectivity index (χ0v) is 14.6. The number of likely N-dealkylation sites (N-methyl/N-ethyl adjacent to an activating group) is 1. The number of hydrogen-bond acceptors (Lipinski definition) is 3. The molecular formula is C21H24N2O2. The molecule has 0 spiro atoms. The van der Waals surface area contributed by atoms with Gasteiger partial charge in [-0.1, -0.05) is 54.6 Å². The van der Waals surface area contributed by atoms with Gasteiger partial charge in [0, 0.05) is 19.1 Å². The minimum absolute atomic E-state index is 0.172. The van der Waals surface area contributed by atoms with Crippen molar-refractivity contribution in [1.29, 1.82) is 0 Å². The molecule has 2 bridgehead atoms. The summed E-state index contributed by atoms with van der Waals surface area (Å²) in [4.78, 5) is 17.1. The summed E-state index contributed by atoms with van der Waals surface area (Å²) in [5, 5.41) is 0. The minimum atomic E-state index is -0.189. The van der Waals surface area contributed by atoms with Gasteiger partial charge >= 0.3 is 6.09 Å². The van der Waals surface area contributed by atoms with Gasteiger partial charge in [0.25, 0.3) is 0 Å². The molecule has 0 saturated carbocycles. The highest BCUT2D eigenvalue weighted by Gasteiger charge is 2.38. The number of nitrogens with zero attached hydrogens (tertiary/aromatic N) is 2. The molecule has 4 nitrogen and oxygen atoms in total. The molecule has 3 heterocycles. The van der Waals surface area contributed by atoms with E-state index in [4.69, 9.17) is 4.74 Å². The summed E-state index contributed by atoms with van der Waals surface area (Å²) in [6.45, 7) is 1.97. The maximum Gasteiger partial charge on any atom is 0.410 e. The molecule has 2 unspecified atom stereocenters. The number of ether oxygens (including phenoxy) is 1. The van der Waals surface area contributed by atoms with Gasteiger partial charge < -0.3 is 9.64 Å². The molecular weight excluding hydrogens is 312 g/mol. The lowest BCUT2D eigenvalue weighted by Crippen LogP contribution is -2.61. The van der Waals surface area contributed by atoms with E-state index in [0.717, 1.165) is 31.5 Å². The predicted molar refractivity (Wildman–Crippen MR) is 97.4 cm³/mol. The SMILES string of the molecule is CN1CC2Cc3ccccc3CC1CN2C(=O)OCc1ccccc1. The van der Waals surface area contributed by atoms with Gasteiger partial charge in [-0.2, -0.15) is 0 Å². The van der Waals surface area contributed by atoms with Crippen LogP contribution in [-0.4, -0.2) is 48.1 Å². The Bertz CT molecular complexity index is 747. The van der Waals surface area contributed by atoms with Gasteiger partial charge in [0.2, 0.25) is 0 Å². The maximum absolute atomic E-state index is 12.7. The first-order chi connectivity index (χ1) is 12.2. The van der Waals surface area contributed by atoms with Crippen LogP contribution in [0, 0.1) is 0 Å². The summed E-state index contributed by atoms with van der Waals surface area (Å²) >= 11 is 0. The Balaban J connectivity index is 1.50. The number of fused-ring (bicyclic) bond motifs is 2. The average molecular weight is 336 g/mol. The van der Waals surface area contributed by atoms with Crippen molar-refractivity contribution in [2.24, 2.45) is 0 Å². The Labute approximate surface area is 149 Å². The molecule has 5 rings (SSSR count).